The van der Waals surface area contributed by atoms with E-state index in [1.54, 1.807) is 0 Å². The van der Waals surface area contributed by atoms with Crippen molar-refractivity contribution in [3.8, 4) is 5.75 Å². The molecule has 3 nitrogen and oxygen atoms in total. The van der Waals surface area contributed by atoms with E-state index in [2.05, 4.69) is 6.92 Å². The lowest BCUT2D eigenvalue weighted by Crippen LogP contribution is -2.08. The van der Waals surface area contributed by atoms with Crippen LogP contribution in [-0.2, 0) is 4.74 Å². The standard InChI is InChI=1S/C15H24O3/c1-3-5-6-11-17-12-15(16)13-7-9-14(10-8-13)18-4-2/h7-10,15-16H,3-6,11-12H2,1-2H3. The molecule has 0 heterocycles. The summed E-state index contributed by atoms with van der Waals surface area (Å²) in [7, 11) is 0. The van der Waals surface area contributed by atoms with Crippen LogP contribution in [0.25, 0.3) is 0 Å². The summed E-state index contributed by atoms with van der Waals surface area (Å²) in [6.07, 6.45) is 2.87. The van der Waals surface area contributed by atoms with Crippen LogP contribution in [0.1, 0.15) is 44.8 Å². The maximum absolute atomic E-state index is 9.93. The average Bonchev–Trinajstić information content (AvgIpc) is 2.39. The van der Waals surface area contributed by atoms with Crippen molar-refractivity contribution >= 4 is 0 Å². The first-order valence-corrected chi connectivity index (χ1v) is 6.76. The Morgan fingerprint density at radius 1 is 1.11 bits per heavy atom. The summed E-state index contributed by atoms with van der Waals surface area (Å²) < 4.78 is 10.8. The van der Waals surface area contributed by atoms with Crippen molar-refractivity contribution in [3.05, 3.63) is 29.8 Å². The van der Waals surface area contributed by atoms with Crippen LogP contribution in [0.5, 0.6) is 5.75 Å². The fourth-order valence-electron chi connectivity index (χ4n) is 1.70. The minimum atomic E-state index is -0.553. The fourth-order valence-corrected chi connectivity index (χ4v) is 1.70. The van der Waals surface area contributed by atoms with E-state index in [0.29, 0.717) is 13.2 Å². The first-order valence-electron chi connectivity index (χ1n) is 6.76. The third kappa shape index (κ3) is 5.52. The molecule has 1 N–H and O–H groups in total. The Kier molecular flexibility index (Phi) is 7.46. The molecule has 0 spiro atoms. The Morgan fingerprint density at radius 3 is 2.44 bits per heavy atom. The fraction of sp³-hybridized carbons (Fsp3) is 0.600. The predicted octanol–water partition coefficient (Wildman–Crippen LogP) is 3.33. The lowest BCUT2D eigenvalue weighted by atomic mass is 10.1. The predicted molar refractivity (Wildman–Crippen MR) is 72.9 cm³/mol. The Labute approximate surface area is 110 Å². The number of benzene rings is 1. The lowest BCUT2D eigenvalue weighted by molar-refractivity contribution is 0.0345. The molecule has 0 fully saturated rings. The summed E-state index contributed by atoms with van der Waals surface area (Å²) >= 11 is 0. The van der Waals surface area contributed by atoms with Crippen LogP contribution in [0.3, 0.4) is 0 Å². The second-order valence-corrected chi connectivity index (χ2v) is 4.30. The number of hydrogen-bond donors (Lipinski definition) is 1. The van der Waals surface area contributed by atoms with Crippen LogP contribution in [0, 0.1) is 0 Å². The molecule has 0 saturated carbocycles. The van der Waals surface area contributed by atoms with E-state index >= 15 is 0 Å². The highest BCUT2D eigenvalue weighted by atomic mass is 16.5. The maximum atomic E-state index is 9.93. The van der Waals surface area contributed by atoms with Crippen molar-refractivity contribution < 1.29 is 14.6 Å². The van der Waals surface area contributed by atoms with Gasteiger partial charge in [-0.15, -0.1) is 0 Å². The van der Waals surface area contributed by atoms with Crippen LogP contribution in [0.2, 0.25) is 0 Å². The SMILES string of the molecule is CCCCCOCC(O)c1ccc(OCC)cc1. The van der Waals surface area contributed by atoms with E-state index in [-0.39, 0.29) is 0 Å². The van der Waals surface area contributed by atoms with Gasteiger partial charge in [-0.25, -0.2) is 0 Å². The van der Waals surface area contributed by atoms with Gasteiger partial charge in [0.05, 0.1) is 13.2 Å². The van der Waals surface area contributed by atoms with Crippen molar-refractivity contribution in [1.82, 2.24) is 0 Å². The van der Waals surface area contributed by atoms with Crippen molar-refractivity contribution in [2.24, 2.45) is 0 Å². The molecule has 0 saturated heterocycles. The molecule has 0 amide bonds. The number of rotatable bonds is 9. The van der Waals surface area contributed by atoms with Gasteiger partial charge >= 0.3 is 0 Å². The van der Waals surface area contributed by atoms with Crippen LogP contribution in [0.4, 0.5) is 0 Å². The summed E-state index contributed by atoms with van der Waals surface area (Å²) in [5.41, 5.74) is 0.869. The quantitative estimate of drug-likeness (QED) is 0.685. The zero-order valence-corrected chi connectivity index (χ0v) is 11.4. The van der Waals surface area contributed by atoms with Crippen molar-refractivity contribution in [2.45, 2.75) is 39.2 Å². The van der Waals surface area contributed by atoms with Crippen LogP contribution >= 0.6 is 0 Å². The van der Waals surface area contributed by atoms with E-state index in [1.165, 1.54) is 12.8 Å². The van der Waals surface area contributed by atoms with Crippen LogP contribution < -0.4 is 4.74 Å². The van der Waals surface area contributed by atoms with Gasteiger partial charge in [-0.1, -0.05) is 31.9 Å². The highest BCUT2D eigenvalue weighted by Crippen LogP contribution is 2.18. The molecule has 102 valence electrons. The van der Waals surface area contributed by atoms with E-state index in [9.17, 15) is 5.11 Å². The molecule has 18 heavy (non-hydrogen) atoms. The van der Waals surface area contributed by atoms with Crippen LogP contribution in [0.15, 0.2) is 24.3 Å². The Morgan fingerprint density at radius 2 is 1.83 bits per heavy atom. The van der Waals surface area contributed by atoms with Gasteiger partial charge in [0.15, 0.2) is 0 Å². The highest BCUT2D eigenvalue weighted by molar-refractivity contribution is 5.28. The minimum Gasteiger partial charge on any atom is -0.494 e. The zero-order valence-electron chi connectivity index (χ0n) is 11.4. The van der Waals surface area contributed by atoms with Gasteiger partial charge in [0.1, 0.15) is 11.9 Å². The molecular weight excluding hydrogens is 228 g/mol. The number of aliphatic hydroxyl groups is 1. The van der Waals surface area contributed by atoms with Crippen molar-refractivity contribution in [2.75, 3.05) is 19.8 Å². The molecule has 0 aliphatic carbocycles. The topological polar surface area (TPSA) is 38.7 Å². The molecule has 1 aromatic carbocycles. The van der Waals surface area contributed by atoms with E-state index in [0.717, 1.165) is 24.3 Å². The normalized spacial score (nSPS) is 12.4. The lowest BCUT2D eigenvalue weighted by Gasteiger charge is -2.12. The zero-order chi connectivity index (χ0) is 13.2. The van der Waals surface area contributed by atoms with Gasteiger partial charge in [0, 0.05) is 6.61 Å². The van der Waals surface area contributed by atoms with Crippen molar-refractivity contribution in [3.63, 3.8) is 0 Å². The summed E-state index contributed by atoms with van der Waals surface area (Å²) in [6.45, 7) is 5.85. The molecule has 0 bridgehead atoms. The van der Waals surface area contributed by atoms with Crippen LogP contribution in [-0.4, -0.2) is 24.9 Å². The molecule has 1 rings (SSSR count). The van der Waals surface area contributed by atoms with Gasteiger partial charge in [-0.2, -0.15) is 0 Å². The molecule has 1 aromatic rings. The van der Waals surface area contributed by atoms with Gasteiger partial charge in [0.2, 0.25) is 0 Å². The van der Waals surface area contributed by atoms with Gasteiger partial charge in [0.25, 0.3) is 0 Å². The molecule has 1 unspecified atom stereocenters. The highest BCUT2D eigenvalue weighted by Gasteiger charge is 2.07. The minimum absolute atomic E-state index is 0.359. The smallest absolute Gasteiger partial charge is 0.119 e. The summed E-state index contributed by atoms with van der Waals surface area (Å²) in [5, 5.41) is 9.93. The first-order chi connectivity index (χ1) is 8.77. The number of unbranched alkanes of at least 4 members (excludes halogenated alkanes) is 2. The molecule has 0 aliphatic heterocycles. The molecule has 1 atom stereocenters. The van der Waals surface area contributed by atoms with Crippen molar-refractivity contribution in [1.29, 1.82) is 0 Å². The molecule has 0 aromatic heterocycles. The summed E-state index contributed by atoms with van der Waals surface area (Å²) in [6, 6.07) is 7.51. The maximum Gasteiger partial charge on any atom is 0.119 e. The largest absolute Gasteiger partial charge is 0.494 e. The van der Waals surface area contributed by atoms with Gasteiger partial charge in [-0.05, 0) is 31.0 Å². The second-order valence-electron chi connectivity index (χ2n) is 4.30. The van der Waals surface area contributed by atoms with Gasteiger partial charge < -0.3 is 14.6 Å². The van der Waals surface area contributed by atoms with E-state index in [1.807, 2.05) is 31.2 Å². The van der Waals surface area contributed by atoms with Gasteiger partial charge in [-0.3, -0.25) is 0 Å². The third-order valence-electron chi connectivity index (χ3n) is 2.74. The molecule has 3 heteroatoms. The summed E-state index contributed by atoms with van der Waals surface area (Å²) in [5.74, 6) is 0.831. The molecular formula is C15H24O3. The Bertz CT molecular complexity index is 308. The monoisotopic (exact) mass is 252 g/mol. The number of hydrogen-bond acceptors (Lipinski definition) is 3. The average molecular weight is 252 g/mol. The molecule has 0 radical (unpaired) electrons. The number of aliphatic hydroxyl groups excluding tert-OH is 1. The Balaban J connectivity index is 2.30. The first kappa shape index (κ1) is 15.0. The van der Waals surface area contributed by atoms with E-state index < -0.39 is 6.10 Å². The third-order valence-corrected chi connectivity index (χ3v) is 2.74. The van der Waals surface area contributed by atoms with E-state index in [4.69, 9.17) is 9.47 Å². The Hall–Kier alpha value is -1.06. The molecule has 0 aliphatic rings. The number of ether oxygens (including phenoxy) is 2. The summed E-state index contributed by atoms with van der Waals surface area (Å²) in [4.78, 5) is 0. The second kappa shape index (κ2) is 8.95.